The summed E-state index contributed by atoms with van der Waals surface area (Å²) in [5.41, 5.74) is 2.95. The maximum atomic E-state index is 12.6. The fraction of sp³-hybridized carbons (Fsp3) is 0.231. The Morgan fingerprint density at radius 3 is 1.53 bits per heavy atom. The van der Waals surface area contributed by atoms with Crippen LogP contribution in [0.25, 0.3) is 11.6 Å². The molecule has 0 aliphatic carbocycles. The predicted molar refractivity (Wildman–Crippen MR) is 205 cm³/mol. The molecule has 2 aliphatic heterocycles. The minimum atomic E-state index is -4.46. The van der Waals surface area contributed by atoms with Crippen molar-refractivity contribution in [2.75, 3.05) is 50.0 Å². The molecular weight excluding hydrogens is 765 g/mol. The molecule has 2 fully saturated rings. The Kier molecular flexibility index (Phi) is 12.3. The minimum absolute atomic E-state index is 0.0181. The van der Waals surface area contributed by atoms with Gasteiger partial charge in [0, 0.05) is 62.3 Å². The van der Waals surface area contributed by atoms with Crippen molar-refractivity contribution in [2.45, 2.75) is 18.4 Å². The van der Waals surface area contributed by atoms with Gasteiger partial charge in [0.05, 0.1) is 36.0 Å². The van der Waals surface area contributed by atoms with Crippen molar-refractivity contribution in [3.05, 3.63) is 143 Å². The predicted octanol–water partition coefficient (Wildman–Crippen LogP) is 6.03. The van der Waals surface area contributed by atoms with Gasteiger partial charge in [0.15, 0.2) is 23.0 Å². The average molecular weight is 801 g/mol. The van der Waals surface area contributed by atoms with Gasteiger partial charge in [0.1, 0.15) is 0 Å². The van der Waals surface area contributed by atoms with Gasteiger partial charge < -0.3 is 30.7 Å². The van der Waals surface area contributed by atoms with Crippen molar-refractivity contribution >= 4 is 34.8 Å². The van der Waals surface area contributed by atoms with E-state index in [1.165, 1.54) is 33.9 Å². The monoisotopic (exact) mass is 800 g/mol. The quantitative estimate of drug-likeness (QED) is 0.143. The van der Waals surface area contributed by atoms with E-state index in [4.69, 9.17) is 21.1 Å². The third kappa shape index (κ3) is 10.3. The van der Waals surface area contributed by atoms with Crippen LogP contribution in [0.4, 0.5) is 24.5 Å². The summed E-state index contributed by atoms with van der Waals surface area (Å²) in [6.45, 7) is 4.60. The van der Waals surface area contributed by atoms with Gasteiger partial charge in [0.25, 0.3) is 11.8 Å². The zero-order valence-corrected chi connectivity index (χ0v) is 30.9. The smallest absolute Gasteiger partial charge is 0.371 e. The van der Waals surface area contributed by atoms with E-state index in [0.29, 0.717) is 41.1 Å². The number of pyridine rings is 2. The lowest BCUT2D eigenvalue weighted by Crippen LogP contribution is -2.33. The van der Waals surface area contributed by atoms with Crippen molar-refractivity contribution in [1.29, 1.82) is 0 Å². The number of nitrogens with zero attached hydrogens (tertiary/aromatic N) is 6. The van der Waals surface area contributed by atoms with Crippen molar-refractivity contribution in [3.63, 3.8) is 0 Å². The Morgan fingerprint density at radius 2 is 1.14 bits per heavy atom. The van der Waals surface area contributed by atoms with Gasteiger partial charge >= 0.3 is 6.18 Å². The molecule has 0 radical (unpaired) electrons. The minimum Gasteiger partial charge on any atom is -0.371 e. The maximum absolute atomic E-state index is 12.6. The summed E-state index contributed by atoms with van der Waals surface area (Å²) in [6, 6.07) is 23.6. The SMILES string of the molecule is O=C(Nc1ccc([C@H]2CNCCO2)cc1)c1ccn(-c2ccc(C(F)(F)F)cn2)n1.O=C(Nc1ccc([C@H]2CNCCO2)cc1)c1ccn(-c2ccc(Cl)cn2)n1. The number of halogens is 4. The Morgan fingerprint density at radius 1 is 0.667 bits per heavy atom. The first-order valence-corrected chi connectivity index (χ1v) is 18.2. The molecule has 57 heavy (non-hydrogen) atoms. The van der Waals surface area contributed by atoms with Gasteiger partial charge in [-0.15, -0.1) is 0 Å². The number of rotatable bonds is 8. The summed E-state index contributed by atoms with van der Waals surface area (Å²) in [6.07, 6.45) is 0.968. The van der Waals surface area contributed by atoms with E-state index in [1.807, 2.05) is 36.4 Å². The van der Waals surface area contributed by atoms with Gasteiger partial charge in [-0.1, -0.05) is 35.9 Å². The van der Waals surface area contributed by atoms with Crippen molar-refractivity contribution in [1.82, 2.24) is 40.2 Å². The molecule has 2 atom stereocenters. The zero-order valence-electron chi connectivity index (χ0n) is 30.1. The highest BCUT2D eigenvalue weighted by Gasteiger charge is 2.30. The summed E-state index contributed by atoms with van der Waals surface area (Å²) in [5, 5.41) is 21.1. The standard InChI is InChI=1S/C20H18F3N5O2.C19H18ClN5O2/c21-20(22,23)14-3-6-18(25-11-14)28-9-7-16(27-28)19(29)26-15-4-1-13(2-5-15)17-12-24-8-10-30-17;20-14-3-6-18(22-11-14)25-9-7-16(24-25)19(26)23-15-4-1-13(2-5-15)17-12-21-8-10-27-17/h1-7,9,11,17,24H,8,10,12H2,(H,26,29);1-7,9,11,17,21H,8,10,12H2,(H,23,26)/t2*17-/m11/s1. The molecule has 0 saturated carbocycles. The van der Waals surface area contributed by atoms with Crippen LogP contribution in [0, 0.1) is 0 Å². The van der Waals surface area contributed by atoms with Crippen LogP contribution < -0.4 is 21.3 Å². The molecule has 6 aromatic rings. The molecular formula is C39H36ClF3N10O4. The fourth-order valence-corrected chi connectivity index (χ4v) is 5.96. The second kappa shape index (κ2) is 17.9. The molecule has 2 aromatic carbocycles. The normalized spacial score (nSPS) is 16.9. The topological polar surface area (TPSA) is 162 Å². The number of hydrogen-bond acceptors (Lipinski definition) is 10. The number of carbonyl (C=O) groups is 2. The molecule has 8 rings (SSSR count). The zero-order chi connectivity index (χ0) is 39.8. The van der Waals surface area contributed by atoms with E-state index in [2.05, 4.69) is 41.4 Å². The summed E-state index contributed by atoms with van der Waals surface area (Å²) < 4.78 is 52.1. The van der Waals surface area contributed by atoms with Crippen LogP contribution in [-0.2, 0) is 15.7 Å². The molecule has 0 unspecified atom stereocenters. The largest absolute Gasteiger partial charge is 0.417 e. The second-order valence-corrected chi connectivity index (χ2v) is 13.2. The number of ether oxygens (including phenoxy) is 2. The molecule has 0 spiro atoms. The van der Waals surface area contributed by atoms with Crippen LogP contribution in [0.5, 0.6) is 0 Å². The van der Waals surface area contributed by atoms with Crippen molar-refractivity contribution < 1.29 is 32.2 Å². The number of nitrogens with one attached hydrogen (secondary N) is 4. The number of amides is 2. The Labute approximate surface area is 329 Å². The molecule has 4 aromatic heterocycles. The molecule has 6 heterocycles. The molecule has 14 nitrogen and oxygen atoms in total. The van der Waals surface area contributed by atoms with Crippen LogP contribution in [0.15, 0.2) is 110 Å². The van der Waals surface area contributed by atoms with Crippen LogP contribution in [0.1, 0.15) is 49.9 Å². The Balaban J connectivity index is 0.000000175. The molecule has 294 valence electrons. The van der Waals surface area contributed by atoms with Crippen LogP contribution in [-0.4, -0.2) is 80.7 Å². The highest BCUT2D eigenvalue weighted by molar-refractivity contribution is 6.30. The van der Waals surface area contributed by atoms with E-state index in [-0.39, 0.29) is 29.6 Å². The van der Waals surface area contributed by atoms with Gasteiger partial charge in [-0.3, -0.25) is 9.59 Å². The lowest BCUT2D eigenvalue weighted by Gasteiger charge is -2.24. The van der Waals surface area contributed by atoms with Crippen LogP contribution >= 0.6 is 11.6 Å². The molecule has 2 aliphatic rings. The first-order chi connectivity index (χ1) is 27.6. The average Bonchev–Trinajstić information content (AvgIpc) is 3.95. The van der Waals surface area contributed by atoms with E-state index >= 15 is 0 Å². The van der Waals surface area contributed by atoms with Crippen LogP contribution in [0.2, 0.25) is 5.02 Å². The number of carbonyl (C=O) groups excluding carboxylic acids is 2. The highest BCUT2D eigenvalue weighted by Crippen LogP contribution is 2.29. The third-order valence-corrected chi connectivity index (χ3v) is 9.06. The lowest BCUT2D eigenvalue weighted by molar-refractivity contribution is -0.137. The van der Waals surface area contributed by atoms with E-state index < -0.39 is 17.6 Å². The number of hydrogen-bond donors (Lipinski definition) is 4. The summed E-state index contributed by atoms with van der Waals surface area (Å²) in [7, 11) is 0. The number of anilines is 2. The van der Waals surface area contributed by atoms with Crippen molar-refractivity contribution in [3.8, 4) is 11.6 Å². The number of alkyl halides is 3. The molecule has 4 N–H and O–H groups in total. The van der Waals surface area contributed by atoms with Gasteiger partial charge in [-0.05, 0) is 71.8 Å². The number of morpholine rings is 2. The molecule has 0 bridgehead atoms. The Bertz CT molecular complexity index is 2250. The Hall–Kier alpha value is -5.98. The summed E-state index contributed by atoms with van der Waals surface area (Å²) in [5.74, 6) is 0.0337. The van der Waals surface area contributed by atoms with E-state index in [9.17, 15) is 22.8 Å². The molecule has 18 heteroatoms. The second-order valence-electron chi connectivity index (χ2n) is 12.8. The fourth-order valence-electron chi connectivity index (χ4n) is 5.85. The summed E-state index contributed by atoms with van der Waals surface area (Å²) >= 11 is 5.84. The van der Waals surface area contributed by atoms with Gasteiger partial charge in [0.2, 0.25) is 0 Å². The number of aromatic nitrogens is 6. The first kappa shape index (κ1) is 39.3. The highest BCUT2D eigenvalue weighted by atomic mass is 35.5. The van der Waals surface area contributed by atoms with Gasteiger partial charge in [-0.25, -0.2) is 19.3 Å². The van der Waals surface area contributed by atoms with E-state index in [0.717, 1.165) is 49.6 Å². The first-order valence-electron chi connectivity index (χ1n) is 17.8. The number of benzene rings is 2. The third-order valence-electron chi connectivity index (χ3n) is 8.84. The van der Waals surface area contributed by atoms with Crippen LogP contribution in [0.3, 0.4) is 0 Å². The van der Waals surface area contributed by atoms with Gasteiger partial charge in [-0.2, -0.15) is 23.4 Å². The molecule has 2 amide bonds. The molecule has 2 saturated heterocycles. The maximum Gasteiger partial charge on any atom is 0.417 e. The lowest BCUT2D eigenvalue weighted by atomic mass is 10.1. The summed E-state index contributed by atoms with van der Waals surface area (Å²) in [4.78, 5) is 32.8. The van der Waals surface area contributed by atoms with Crippen molar-refractivity contribution in [2.24, 2.45) is 0 Å². The van der Waals surface area contributed by atoms with E-state index in [1.54, 1.807) is 36.5 Å².